The molecule has 0 fully saturated rings. The van der Waals surface area contributed by atoms with Crippen LogP contribution >= 0.6 is 0 Å². The molecule has 1 atom stereocenters. The highest BCUT2D eigenvalue weighted by Gasteiger charge is 2.23. The zero-order chi connectivity index (χ0) is 11.7. The summed E-state index contributed by atoms with van der Waals surface area (Å²) in [7, 11) is 0. The SMILES string of the molecule is CC(C)Cc1ccc2c(c1)NC(=O)C(C)O2. The van der Waals surface area contributed by atoms with Crippen molar-refractivity contribution in [3.8, 4) is 5.75 Å². The Morgan fingerprint density at radius 1 is 1.44 bits per heavy atom. The van der Waals surface area contributed by atoms with Crippen LogP contribution in [-0.4, -0.2) is 12.0 Å². The van der Waals surface area contributed by atoms with Gasteiger partial charge < -0.3 is 10.1 Å². The van der Waals surface area contributed by atoms with Crippen LogP contribution in [0.5, 0.6) is 5.75 Å². The van der Waals surface area contributed by atoms with Gasteiger partial charge in [0.05, 0.1) is 5.69 Å². The first kappa shape index (κ1) is 11.0. The summed E-state index contributed by atoms with van der Waals surface area (Å²) in [6.07, 6.45) is 0.613. The largest absolute Gasteiger partial charge is 0.479 e. The van der Waals surface area contributed by atoms with Crippen LogP contribution in [0.2, 0.25) is 0 Å². The molecule has 0 saturated carbocycles. The van der Waals surface area contributed by atoms with Crippen LogP contribution < -0.4 is 10.1 Å². The Hall–Kier alpha value is -1.51. The Labute approximate surface area is 95.8 Å². The van der Waals surface area contributed by atoms with E-state index < -0.39 is 6.10 Å². The van der Waals surface area contributed by atoms with Crippen molar-refractivity contribution in [2.75, 3.05) is 5.32 Å². The normalized spacial score (nSPS) is 19.0. The molecule has 16 heavy (non-hydrogen) atoms. The number of carbonyl (C=O) groups is 1. The Morgan fingerprint density at radius 2 is 2.19 bits per heavy atom. The van der Waals surface area contributed by atoms with E-state index in [0.717, 1.165) is 17.9 Å². The van der Waals surface area contributed by atoms with Crippen molar-refractivity contribution < 1.29 is 9.53 Å². The molecule has 0 spiro atoms. The third kappa shape index (κ3) is 2.18. The fourth-order valence-corrected chi connectivity index (χ4v) is 1.85. The first-order valence-electron chi connectivity index (χ1n) is 5.66. The molecular formula is C13H17NO2. The topological polar surface area (TPSA) is 38.3 Å². The van der Waals surface area contributed by atoms with Gasteiger partial charge in [0.1, 0.15) is 5.75 Å². The van der Waals surface area contributed by atoms with Crippen LogP contribution in [0.25, 0.3) is 0 Å². The van der Waals surface area contributed by atoms with Gasteiger partial charge in [0.2, 0.25) is 0 Å². The molecule has 1 unspecified atom stereocenters. The predicted octanol–water partition coefficient (Wildman–Crippen LogP) is 2.60. The van der Waals surface area contributed by atoms with Crippen LogP contribution in [0.1, 0.15) is 26.3 Å². The zero-order valence-corrected chi connectivity index (χ0v) is 9.91. The molecule has 1 aromatic carbocycles. The monoisotopic (exact) mass is 219 g/mol. The lowest BCUT2D eigenvalue weighted by molar-refractivity contribution is -0.122. The molecule has 0 aliphatic carbocycles. The van der Waals surface area contributed by atoms with Crippen LogP contribution in [-0.2, 0) is 11.2 Å². The van der Waals surface area contributed by atoms with E-state index in [1.165, 1.54) is 5.56 Å². The number of hydrogen-bond acceptors (Lipinski definition) is 2. The zero-order valence-electron chi connectivity index (χ0n) is 9.91. The summed E-state index contributed by atoms with van der Waals surface area (Å²) < 4.78 is 5.49. The highest BCUT2D eigenvalue weighted by Crippen LogP contribution is 2.30. The van der Waals surface area contributed by atoms with Crippen LogP contribution in [0.4, 0.5) is 5.69 Å². The summed E-state index contributed by atoms with van der Waals surface area (Å²) in [5.74, 6) is 1.30. The molecule has 3 nitrogen and oxygen atoms in total. The molecule has 1 aliphatic heterocycles. The number of nitrogens with one attached hydrogen (secondary N) is 1. The molecule has 1 aromatic rings. The average Bonchev–Trinajstić information content (AvgIpc) is 2.19. The van der Waals surface area contributed by atoms with Gasteiger partial charge in [0, 0.05) is 0 Å². The van der Waals surface area contributed by atoms with Gasteiger partial charge in [-0.3, -0.25) is 4.79 Å². The summed E-state index contributed by atoms with van der Waals surface area (Å²) in [6, 6.07) is 5.99. The quantitative estimate of drug-likeness (QED) is 0.830. The summed E-state index contributed by atoms with van der Waals surface area (Å²) in [4.78, 5) is 11.5. The molecule has 3 heteroatoms. The molecule has 0 radical (unpaired) electrons. The van der Waals surface area contributed by atoms with Crippen molar-refractivity contribution in [3.63, 3.8) is 0 Å². The fourth-order valence-electron chi connectivity index (χ4n) is 1.85. The van der Waals surface area contributed by atoms with Crippen LogP contribution in [0.3, 0.4) is 0 Å². The number of carbonyl (C=O) groups excluding carboxylic acids is 1. The number of rotatable bonds is 2. The Morgan fingerprint density at radius 3 is 2.88 bits per heavy atom. The summed E-state index contributed by atoms with van der Waals surface area (Å²) in [5.41, 5.74) is 2.02. The molecule has 0 aromatic heterocycles. The molecule has 1 heterocycles. The number of amides is 1. The van der Waals surface area contributed by atoms with E-state index in [9.17, 15) is 4.79 Å². The van der Waals surface area contributed by atoms with Gasteiger partial charge in [0.25, 0.3) is 5.91 Å². The standard InChI is InChI=1S/C13H17NO2/c1-8(2)6-10-4-5-12-11(7-10)14-13(15)9(3)16-12/h4-5,7-9H,6H2,1-3H3,(H,14,15). The van der Waals surface area contributed by atoms with Crippen molar-refractivity contribution in [1.82, 2.24) is 0 Å². The molecule has 1 amide bonds. The second kappa shape index (κ2) is 4.16. The second-order valence-corrected chi connectivity index (χ2v) is 4.68. The van der Waals surface area contributed by atoms with E-state index in [2.05, 4.69) is 25.2 Å². The van der Waals surface area contributed by atoms with Crippen molar-refractivity contribution in [1.29, 1.82) is 0 Å². The molecule has 86 valence electrons. The maximum absolute atomic E-state index is 11.5. The minimum Gasteiger partial charge on any atom is -0.479 e. The second-order valence-electron chi connectivity index (χ2n) is 4.68. The number of fused-ring (bicyclic) bond motifs is 1. The van der Waals surface area contributed by atoms with E-state index in [4.69, 9.17) is 4.74 Å². The summed E-state index contributed by atoms with van der Waals surface area (Å²) in [5, 5.41) is 2.86. The maximum Gasteiger partial charge on any atom is 0.265 e. The van der Waals surface area contributed by atoms with E-state index >= 15 is 0 Å². The first-order chi connectivity index (χ1) is 7.56. The van der Waals surface area contributed by atoms with Crippen LogP contribution in [0.15, 0.2) is 18.2 Å². The number of benzene rings is 1. The first-order valence-corrected chi connectivity index (χ1v) is 5.66. The van der Waals surface area contributed by atoms with E-state index in [-0.39, 0.29) is 5.91 Å². The highest BCUT2D eigenvalue weighted by atomic mass is 16.5. The molecule has 0 saturated heterocycles. The maximum atomic E-state index is 11.5. The van der Waals surface area contributed by atoms with Crippen LogP contribution in [0, 0.1) is 5.92 Å². The van der Waals surface area contributed by atoms with Gasteiger partial charge >= 0.3 is 0 Å². The third-order valence-electron chi connectivity index (χ3n) is 2.62. The predicted molar refractivity (Wildman–Crippen MR) is 63.7 cm³/mol. The fraction of sp³-hybridized carbons (Fsp3) is 0.462. The third-order valence-corrected chi connectivity index (χ3v) is 2.62. The van der Waals surface area contributed by atoms with Crippen molar-refractivity contribution in [2.24, 2.45) is 5.92 Å². The minimum atomic E-state index is -0.400. The van der Waals surface area contributed by atoms with E-state index in [1.807, 2.05) is 12.1 Å². The van der Waals surface area contributed by atoms with Gasteiger partial charge in [-0.2, -0.15) is 0 Å². The van der Waals surface area contributed by atoms with Gasteiger partial charge in [-0.1, -0.05) is 19.9 Å². The van der Waals surface area contributed by atoms with E-state index in [0.29, 0.717) is 5.92 Å². The van der Waals surface area contributed by atoms with Gasteiger partial charge in [-0.25, -0.2) is 0 Å². The lowest BCUT2D eigenvalue weighted by Crippen LogP contribution is -2.34. The number of anilines is 1. The Balaban J connectivity index is 2.25. The summed E-state index contributed by atoms with van der Waals surface area (Å²) >= 11 is 0. The average molecular weight is 219 g/mol. The highest BCUT2D eigenvalue weighted by molar-refractivity contribution is 5.97. The smallest absolute Gasteiger partial charge is 0.265 e. The van der Waals surface area contributed by atoms with Gasteiger partial charge in [-0.05, 0) is 37.0 Å². The summed E-state index contributed by atoms with van der Waals surface area (Å²) in [6.45, 7) is 6.10. The van der Waals surface area contributed by atoms with Crippen molar-refractivity contribution in [2.45, 2.75) is 33.3 Å². The molecule has 1 N–H and O–H groups in total. The molecule has 1 aliphatic rings. The lowest BCUT2D eigenvalue weighted by Gasteiger charge is -2.23. The number of hydrogen-bond donors (Lipinski definition) is 1. The van der Waals surface area contributed by atoms with E-state index in [1.54, 1.807) is 6.92 Å². The lowest BCUT2D eigenvalue weighted by atomic mass is 10.0. The van der Waals surface area contributed by atoms with Gasteiger partial charge in [0.15, 0.2) is 6.10 Å². The Kier molecular flexibility index (Phi) is 2.86. The Bertz CT molecular complexity index is 412. The minimum absolute atomic E-state index is 0.0748. The molecule has 0 bridgehead atoms. The molecular weight excluding hydrogens is 202 g/mol. The van der Waals surface area contributed by atoms with Crippen molar-refractivity contribution in [3.05, 3.63) is 23.8 Å². The number of ether oxygens (including phenoxy) is 1. The van der Waals surface area contributed by atoms with Gasteiger partial charge in [-0.15, -0.1) is 0 Å². The van der Waals surface area contributed by atoms with Crippen molar-refractivity contribution >= 4 is 11.6 Å². The molecule has 2 rings (SSSR count).